The first-order valence-corrected chi connectivity index (χ1v) is 4.85. The summed E-state index contributed by atoms with van der Waals surface area (Å²) in [5.41, 5.74) is 7.12. The van der Waals surface area contributed by atoms with Gasteiger partial charge in [0.15, 0.2) is 11.5 Å². The van der Waals surface area contributed by atoms with Crippen molar-refractivity contribution < 1.29 is 10.2 Å². The van der Waals surface area contributed by atoms with Crippen molar-refractivity contribution in [1.82, 2.24) is 0 Å². The molecule has 0 amide bonds. The van der Waals surface area contributed by atoms with Crippen molar-refractivity contribution in [2.75, 3.05) is 6.54 Å². The number of aryl methyl sites for hydroxylation is 1. The van der Waals surface area contributed by atoms with Crippen LogP contribution >= 0.6 is 11.6 Å². The number of phenols is 2. The van der Waals surface area contributed by atoms with Crippen molar-refractivity contribution in [2.45, 2.75) is 19.8 Å². The van der Waals surface area contributed by atoms with Crippen LogP contribution < -0.4 is 5.73 Å². The van der Waals surface area contributed by atoms with Crippen LogP contribution in [0.4, 0.5) is 0 Å². The molecule has 0 aliphatic carbocycles. The third-order valence-electron chi connectivity index (χ3n) is 2.18. The summed E-state index contributed by atoms with van der Waals surface area (Å²) in [7, 11) is 0. The van der Waals surface area contributed by atoms with Gasteiger partial charge in [0, 0.05) is 0 Å². The lowest BCUT2D eigenvalue weighted by Gasteiger charge is -2.10. The first kappa shape index (κ1) is 11.1. The second-order valence-corrected chi connectivity index (χ2v) is 3.62. The molecular weight excluding hydrogens is 202 g/mol. The fourth-order valence-electron chi connectivity index (χ4n) is 1.37. The third kappa shape index (κ3) is 2.11. The number of nitrogens with two attached hydrogens (primary N) is 1. The lowest BCUT2D eigenvalue weighted by atomic mass is 10.0. The van der Waals surface area contributed by atoms with Crippen molar-refractivity contribution in [1.29, 1.82) is 0 Å². The van der Waals surface area contributed by atoms with E-state index in [-0.39, 0.29) is 16.5 Å². The predicted molar refractivity (Wildman–Crippen MR) is 56.9 cm³/mol. The smallest absolute Gasteiger partial charge is 0.176 e. The summed E-state index contributed by atoms with van der Waals surface area (Å²) in [6, 6.07) is 1.51. The topological polar surface area (TPSA) is 66.5 Å². The van der Waals surface area contributed by atoms with Gasteiger partial charge in [0.2, 0.25) is 0 Å². The molecule has 0 fully saturated rings. The highest BCUT2D eigenvalue weighted by Crippen LogP contribution is 2.38. The van der Waals surface area contributed by atoms with Crippen LogP contribution in [0.15, 0.2) is 6.07 Å². The van der Waals surface area contributed by atoms with Gasteiger partial charge in [-0.2, -0.15) is 0 Å². The molecule has 14 heavy (non-hydrogen) atoms. The van der Waals surface area contributed by atoms with E-state index in [2.05, 4.69) is 0 Å². The average Bonchev–Trinajstić information content (AvgIpc) is 2.14. The van der Waals surface area contributed by atoms with Crippen LogP contribution in [0.25, 0.3) is 0 Å². The Morgan fingerprint density at radius 1 is 1.43 bits per heavy atom. The summed E-state index contributed by atoms with van der Waals surface area (Å²) in [5, 5.41) is 18.9. The number of hydrogen-bond acceptors (Lipinski definition) is 3. The predicted octanol–water partition coefficient (Wildman–Crippen LogP) is 1.95. The van der Waals surface area contributed by atoms with Crippen molar-refractivity contribution in [2.24, 2.45) is 5.73 Å². The van der Waals surface area contributed by atoms with E-state index in [1.807, 2.05) is 6.92 Å². The molecule has 0 aliphatic rings. The van der Waals surface area contributed by atoms with Crippen molar-refractivity contribution in [3.05, 3.63) is 22.2 Å². The Balaban J connectivity index is 3.09. The highest BCUT2D eigenvalue weighted by atomic mass is 35.5. The van der Waals surface area contributed by atoms with Crippen molar-refractivity contribution >= 4 is 11.6 Å². The van der Waals surface area contributed by atoms with Crippen LogP contribution in [-0.2, 0) is 6.42 Å². The van der Waals surface area contributed by atoms with Crippen LogP contribution in [0, 0.1) is 6.92 Å². The van der Waals surface area contributed by atoms with Gasteiger partial charge in [-0.15, -0.1) is 0 Å². The second kappa shape index (κ2) is 4.53. The van der Waals surface area contributed by atoms with Crippen LogP contribution in [0.5, 0.6) is 11.5 Å². The van der Waals surface area contributed by atoms with Crippen LogP contribution in [0.1, 0.15) is 17.5 Å². The summed E-state index contributed by atoms with van der Waals surface area (Å²) in [5.74, 6) is -0.423. The fraction of sp³-hybridized carbons (Fsp3) is 0.400. The number of rotatable bonds is 3. The molecule has 4 heteroatoms. The van der Waals surface area contributed by atoms with E-state index < -0.39 is 0 Å². The zero-order valence-electron chi connectivity index (χ0n) is 8.05. The first-order chi connectivity index (χ1) is 6.57. The molecule has 0 saturated carbocycles. The van der Waals surface area contributed by atoms with Gasteiger partial charge in [0.05, 0.1) is 5.02 Å². The van der Waals surface area contributed by atoms with E-state index in [9.17, 15) is 10.2 Å². The minimum atomic E-state index is -0.246. The van der Waals surface area contributed by atoms with Gasteiger partial charge in [0.25, 0.3) is 0 Å². The van der Waals surface area contributed by atoms with Crippen molar-refractivity contribution in [3.63, 3.8) is 0 Å². The Bertz CT molecular complexity index is 339. The number of benzene rings is 1. The molecule has 3 nitrogen and oxygen atoms in total. The Labute approximate surface area is 88.1 Å². The minimum absolute atomic E-state index is 0.177. The van der Waals surface area contributed by atoms with Crippen LogP contribution in [0.3, 0.4) is 0 Å². The average molecular weight is 216 g/mol. The summed E-state index contributed by atoms with van der Waals surface area (Å²) < 4.78 is 0. The highest BCUT2D eigenvalue weighted by molar-refractivity contribution is 6.33. The molecule has 0 bridgehead atoms. The summed E-state index contributed by atoms with van der Waals surface area (Å²) >= 11 is 5.89. The highest BCUT2D eigenvalue weighted by Gasteiger charge is 2.12. The van der Waals surface area contributed by atoms with Gasteiger partial charge >= 0.3 is 0 Å². The fourth-order valence-corrected chi connectivity index (χ4v) is 1.72. The molecule has 0 radical (unpaired) electrons. The molecule has 0 atom stereocenters. The lowest BCUT2D eigenvalue weighted by molar-refractivity contribution is 0.403. The minimum Gasteiger partial charge on any atom is -0.504 e. The molecular formula is C10H14ClNO2. The molecule has 0 heterocycles. The van der Waals surface area contributed by atoms with Crippen LogP contribution in [-0.4, -0.2) is 16.8 Å². The zero-order chi connectivity index (χ0) is 10.7. The van der Waals surface area contributed by atoms with E-state index in [0.717, 1.165) is 24.0 Å². The number of phenolic OH excluding ortho intramolecular Hbond substituents is 2. The number of halogens is 1. The second-order valence-electron chi connectivity index (χ2n) is 3.25. The third-order valence-corrected chi connectivity index (χ3v) is 2.58. The normalized spacial score (nSPS) is 10.5. The van der Waals surface area contributed by atoms with E-state index in [4.69, 9.17) is 17.3 Å². The standard InChI is InChI=1S/C10H14ClNO2/c1-6-5-8(13)10(14)9(11)7(6)3-2-4-12/h5,13-14H,2-4,12H2,1H3. The van der Waals surface area contributed by atoms with E-state index >= 15 is 0 Å². The molecule has 1 aromatic rings. The van der Waals surface area contributed by atoms with Gasteiger partial charge < -0.3 is 15.9 Å². The molecule has 0 spiro atoms. The SMILES string of the molecule is Cc1cc(O)c(O)c(Cl)c1CCCN. The maximum absolute atomic E-state index is 9.40. The maximum Gasteiger partial charge on any atom is 0.176 e. The monoisotopic (exact) mass is 215 g/mol. The quantitative estimate of drug-likeness (QED) is 0.676. The largest absolute Gasteiger partial charge is 0.504 e. The molecule has 0 unspecified atom stereocenters. The van der Waals surface area contributed by atoms with Gasteiger partial charge in [-0.05, 0) is 43.5 Å². The van der Waals surface area contributed by atoms with Gasteiger partial charge in [-0.25, -0.2) is 0 Å². The van der Waals surface area contributed by atoms with Gasteiger partial charge in [-0.1, -0.05) is 11.6 Å². The number of hydrogen-bond donors (Lipinski definition) is 3. The summed E-state index contributed by atoms with van der Waals surface area (Å²) in [4.78, 5) is 0. The van der Waals surface area contributed by atoms with Gasteiger partial charge in [0.1, 0.15) is 0 Å². The molecule has 1 aromatic carbocycles. The van der Waals surface area contributed by atoms with Gasteiger partial charge in [-0.3, -0.25) is 0 Å². The van der Waals surface area contributed by atoms with Crippen LogP contribution in [0.2, 0.25) is 5.02 Å². The van der Waals surface area contributed by atoms with E-state index in [0.29, 0.717) is 6.54 Å². The van der Waals surface area contributed by atoms with Crippen molar-refractivity contribution in [3.8, 4) is 11.5 Å². The summed E-state index contributed by atoms with van der Waals surface area (Å²) in [6.07, 6.45) is 1.53. The molecule has 0 aromatic heterocycles. The molecule has 78 valence electrons. The Hall–Kier alpha value is -0.930. The lowest BCUT2D eigenvalue weighted by Crippen LogP contribution is -2.02. The Kier molecular flexibility index (Phi) is 3.61. The number of aromatic hydroxyl groups is 2. The molecule has 0 aliphatic heterocycles. The molecule has 0 saturated heterocycles. The van der Waals surface area contributed by atoms with E-state index in [1.165, 1.54) is 6.07 Å². The van der Waals surface area contributed by atoms with E-state index in [1.54, 1.807) is 0 Å². The maximum atomic E-state index is 9.40. The summed E-state index contributed by atoms with van der Waals surface area (Å²) in [6.45, 7) is 2.42. The molecule has 1 rings (SSSR count). The Morgan fingerprint density at radius 2 is 2.07 bits per heavy atom. The molecule has 4 N–H and O–H groups in total. The first-order valence-electron chi connectivity index (χ1n) is 4.48. The zero-order valence-corrected chi connectivity index (χ0v) is 8.80. The Morgan fingerprint density at radius 3 is 2.64 bits per heavy atom.